The number of rotatable bonds is 6. The summed E-state index contributed by atoms with van der Waals surface area (Å²) in [4.78, 5) is 28.2. The highest BCUT2D eigenvalue weighted by Gasteiger charge is 2.49. The number of benzene rings is 2. The number of aliphatic hydroxyl groups is 1. The molecule has 2 aromatic rings. The fourth-order valence-corrected chi connectivity index (χ4v) is 5.28. The third kappa shape index (κ3) is 4.51. The fourth-order valence-electron chi connectivity index (χ4n) is 4.74. The number of amides is 1. The smallest absolute Gasteiger partial charge is 0.295 e. The molecule has 6 nitrogen and oxygen atoms in total. The topological polar surface area (TPSA) is 76.1 Å². The van der Waals surface area contributed by atoms with Crippen LogP contribution in [-0.4, -0.2) is 41.0 Å². The van der Waals surface area contributed by atoms with E-state index in [9.17, 15) is 14.7 Å². The third-order valence-corrected chi connectivity index (χ3v) is 6.79. The van der Waals surface area contributed by atoms with Crippen LogP contribution in [0, 0.1) is 0 Å². The Morgan fingerprint density at radius 1 is 1.12 bits per heavy atom. The van der Waals surface area contributed by atoms with Crippen molar-refractivity contribution >= 4 is 33.4 Å². The first-order chi connectivity index (χ1) is 15.8. The minimum absolute atomic E-state index is 0.0157. The van der Waals surface area contributed by atoms with Crippen molar-refractivity contribution in [3.63, 3.8) is 0 Å². The first kappa shape index (κ1) is 23.4. The van der Waals surface area contributed by atoms with Crippen LogP contribution >= 0.6 is 15.9 Å². The Bertz CT molecular complexity index is 1100. The number of aliphatic hydroxyl groups excluding tert-OH is 1. The average molecular weight is 514 g/mol. The molecule has 7 heteroatoms. The van der Waals surface area contributed by atoms with Crippen LogP contribution in [0.2, 0.25) is 0 Å². The van der Waals surface area contributed by atoms with Crippen LogP contribution in [0.5, 0.6) is 11.5 Å². The standard InChI is InChI=1S/C26H28BrNO5/c1-15(2)33-19-10-6-7-16(13-19)23-22(24(29)17-11-12-21(32-3)20(27)14-17)25(30)26(31)28(23)18-8-4-5-9-18/h6-7,10-15,18,23,29H,4-5,8-9H2,1-3H3/b24-22+. The Kier molecular flexibility index (Phi) is 6.79. The number of halogens is 1. The molecule has 1 heterocycles. The number of Topliss-reactive ketones (excluding diaryl/α,β-unsaturated/α-hetero) is 1. The second-order valence-electron chi connectivity index (χ2n) is 8.73. The van der Waals surface area contributed by atoms with E-state index in [1.807, 2.05) is 38.1 Å². The SMILES string of the molecule is COc1ccc(/C(O)=C2\C(=O)C(=O)N(C3CCCC3)C2c2cccc(OC(C)C)c2)cc1Br. The summed E-state index contributed by atoms with van der Waals surface area (Å²) in [6, 6.07) is 11.8. The average Bonchev–Trinajstić information content (AvgIpc) is 3.40. The van der Waals surface area contributed by atoms with E-state index in [4.69, 9.17) is 9.47 Å². The zero-order valence-corrected chi connectivity index (χ0v) is 20.6. The number of methoxy groups -OCH3 is 1. The lowest BCUT2D eigenvalue weighted by atomic mass is 9.94. The zero-order chi connectivity index (χ0) is 23.7. The number of hydrogen-bond donors (Lipinski definition) is 1. The first-order valence-electron chi connectivity index (χ1n) is 11.2. The largest absolute Gasteiger partial charge is 0.507 e. The van der Waals surface area contributed by atoms with E-state index in [2.05, 4.69) is 15.9 Å². The second-order valence-corrected chi connectivity index (χ2v) is 9.59. The highest BCUT2D eigenvalue weighted by Crippen LogP contribution is 2.44. The van der Waals surface area contributed by atoms with Crippen molar-refractivity contribution in [1.82, 2.24) is 4.90 Å². The molecule has 33 heavy (non-hydrogen) atoms. The Balaban J connectivity index is 1.87. The molecule has 1 saturated carbocycles. The first-order valence-corrected chi connectivity index (χ1v) is 12.0. The number of hydrogen-bond acceptors (Lipinski definition) is 5. The second kappa shape index (κ2) is 9.59. The van der Waals surface area contributed by atoms with E-state index in [1.54, 1.807) is 30.2 Å². The Morgan fingerprint density at radius 3 is 2.48 bits per heavy atom. The molecule has 1 N–H and O–H groups in total. The minimum atomic E-state index is -0.676. The predicted molar refractivity (Wildman–Crippen MR) is 129 cm³/mol. The number of ether oxygens (including phenoxy) is 2. The van der Waals surface area contributed by atoms with Gasteiger partial charge < -0.3 is 19.5 Å². The molecule has 2 fully saturated rings. The number of carbonyl (C=O) groups is 2. The predicted octanol–water partition coefficient (Wildman–Crippen LogP) is 5.61. The van der Waals surface area contributed by atoms with Gasteiger partial charge in [0.15, 0.2) is 0 Å². The highest BCUT2D eigenvalue weighted by atomic mass is 79.9. The lowest BCUT2D eigenvalue weighted by Gasteiger charge is -2.31. The minimum Gasteiger partial charge on any atom is -0.507 e. The fraction of sp³-hybridized carbons (Fsp3) is 0.385. The van der Waals surface area contributed by atoms with Gasteiger partial charge in [-0.3, -0.25) is 9.59 Å². The summed E-state index contributed by atoms with van der Waals surface area (Å²) in [5.74, 6) is -0.153. The van der Waals surface area contributed by atoms with E-state index in [1.165, 1.54) is 0 Å². The number of carbonyl (C=O) groups excluding carboxylic acids is 2. The number of ketones is 1. The van der Waals surface area contributed by atoms with Gasteiger partial charge in [-0.1, -0.05) is 25.0 Å². The van der Waals surface area contributed by atoms with Crippen molar-refractivity contribution in [2.45, 2.75) is 57.7 Å². The molecule has 0 bridgehead atoms. The van der Waals surface area contributed by atoms with Gasteiger partial charge in [0.25, 0.3) is 11.7 Å². The molecule has 1 unspecified atom stereocenters. The van der Waals surface area contributed by atoms with Gasteiger partial charge in [0.05, 0.1) is 29.3 Å². The van der Waals surface area contributed by atoms with E-state index >= 15 is 0 Å². The lowest BCUT2D eigenvalue weighted by Crippen LogP contribution is -2.37. The maximum atomic E-state index is 13.3. The third-order valence-electron chi connectivity index (χ3n) is 6.17. The van der Waals surface area contributed by atoms with Crippen LogP contribution in [0.1, 0.15) is 56.7 Å². The quantitative estimate of drug-likeness (QED) is 0.308. The van der Waals surface area contributed by atoms with Gasteiger partial charge in [0.2, 0.25) is 0 Å². The normalized spacial score (nSPS) is 20.6. The monoisotopic (exact) mass is 513 g/mol. The summed E-state index contributed by atoms with van der Waals surface area (Å²) >= 11 is 3.43. The van der Waals surface area contributed by atoms with Crippen LogP contribution in [-0.2, 0) is 9.59 Å². The summed E-state index contributed by atoms with van der Waals surface area (Å²) in [6.07, 6.45) is 3.71. The highest BCUT2D eigenvalue weighted by molar-refractivity contribution is 9.10. The summed E-state index contributed by atoms with van der Waals surface area (Å²) in [6.45, 7) is 3.89. The van der Waals surface area contributed by atoms with Gasteiger partial charge in [-0.15, -0.1) is 0 Å². The van der Waals surface area contributed by atoms with Crippen molar-refractivity contribution in [3.05, 3.63) is 63.6 Å². The molecule has 0 radical (unpaired) electrons. The van der Waals surface area contributed by atoms with Gasteiger partial charge >= 0.3 is 0 Å². The molecule has 0 spiro atoms. The van der Waals surface area contributed by atoms with Crippen molar-refractivity contribution in [3.8, 4) is 11.5 Å². The van der Waals surface area contributed by atoms with Crippen LogP contribution in [0.15, 0.2) is 52.5 Å². The van der Waals surface area contributed by atoms with E-state index in [0.717, 1.165) is 31.2 Å². The van der Waals surface area contributed by atoms with Crippen LogP contribution < -0.4 is 9.47 Å². The summed E-state index contributed by atoms with van der Waals surface area (Å²) in [5, 5.41) is 11.3. The Hall–Kier alpha value is -2.80. The molecular formula is C26H28BrNO5. The van der Waals surface area contributed by atoms with Crippen molar-refractivity contribution < 1.29 is 24.2 Å². The Labute approximate surface area is 202 Å². The Morgan fingerprint density at radius 2 is 1.85 bits per heavy atom. The van der Waals surface area contributed by atoms with Gasteiger partial charge in [-0.2, -0.15) is 0 Å². The summed E-state index contributed by atoms with van der Waals surface area (Å²) < 4.78 is 11.8. The molecule has 1 amide bonds. The van der Waals surface area contributed by atoms with E-state index in [0.29, 0.717) is 21.5 Å². The molecule has 1 aliphatic carbocycles. The molecular weight excluding hydrogens is 486 g/mol. The van der Waals surface area contributed by atoms with Crippen LogP contribution in [0.4, 0.5) is 0 Å². The van der Waals surface area contributed by atoms with Gasteiger partial charge in [0, 0.05) is 11.6 Å². The molecule has 2 aromatic carbocycles. The van der Waals surface area contributed by atoms with Gasteiger partial charge in [0.1, 0.15) is 17.3 Å². The molecule has 174 valence electrons. The lowest BCUT2D eigenvalue weighted by molar-refractivity contribution is -0.141. The van der Waals surface area contributed by atoms with Crippen LogP contribution in [0.25, 0.3) is 5.76 Å². The molecule has 2 aliphatic rings. The molecule has 1 aliphatic heterocycles. The van der Waals surface area contributed by atoms with E-state index in [-0.39, 0.29) is 23.5 Å². The number of likely N-dealkylation sites (tertiary alicyclic amines) is 1. The maximum absolute atomic E-state index is 13.3. The molecule has 1 saturated heterocycles. The number of nitrogens with zero attached hydrogens (tertiary/aromatic N) is 1. The van der Waals surface area contributed by atoms with Gasteiger partial charge in [-0.05, 0) is 78.5 Å². The molecule has 0 aromatic heterocycles. The summed E-state index contributed by atoms with van der Waals surface area (Å²) in [7, 11) is 1.55. The van der Waals surface area contributed by atoms with Crippen molar-refractivity contribution in [2.24, 2.45) is 0 Å². The zero-order valence-electron chi connectivity index (χ0n) is 19.0. The summed E-state index contributed by atoms with van der Waals surface area (Å²) in [5.41, 5.74) is 1.28. The van der Waals surface area contributed by atoms with Crippen molar-refractivity contribution in [2.75, 3.05) is 7.11 Å². The molecule has 1 atom stereocenters. The van der Waals surface area contributed by atoms with Crippen molar-refractivity contribution in [1.29, 1.82) is 0 Å². The molecule has 4 rings (SSSR count). The van der Waals surface area contributed by atoms with Crippen LogP contribution in [0.3, 0.4) is 0 Å². The maximum Gasteiger partial charge on any atom is 0.295 e. The van der Waals surface area contributed by atoms with Gasteiger partial charge in [-0.25, -0.2) is 0 Å². The van der Waals surface area contributed by atoms with E-state index < -0.39 is 17.7 Å².